The van der Waals surface area contributed by atoms with E-state index in [4.69, 9.17) is 27.9 Å². The SMILES string of the molecule is O=C(c1ccc(OC(c2ccc(Cl)cc2)c2ccccc2Cl)nc1)N1CCC[C@H]1CO. The lowest BCUT2D eigenvalue weighted by atomic mass is 10.0. The van der Waals surface area contributed by atoms with Gasteiger partial charge in [0.1, 0.15) is 0 Å². The molecular formula is C24H22Cl2N2O3. The number of likely N-dealkylation sites (tertiary alicyclic amines) is 1. The average molecular weight is 457 g/mol. The Labute approximate surface area is 191 Å². The summed E-state index contributed by atoms with van der Waals surface area (Å²) in [6, 6.07) is 18.1. The molecule has 0 aliphatic carbocycles. The zero-order valence-electron chi connectivity index (χ0n) is 16.7. The van der Waals surface area contributed by atoms with Gasteiger partial charge in [-0.2, -0.15) is 0 Å². The highest BCUT2D eigenvalue weighted by Gasteiger charge is 2.29. The highest BCUT2D eigenvalue weighted by Crippen LogP contribution is 2.33. The molecule has 0 radical (unpaired) electrons. The molecule has 2 atom stereocenters. The molecule has 1 fully saturated rings. The van der Waals surface area contributed by atoms with E-state index in [1.807, 2.05) is 36.4 Å². The molecule has 0 bridgehead atoms. The van der Waals surface area contributed by atoms with E-state index in [-0.39, 0.29) is 18.6 Å². The van der Waals surface area contributed by atoms with Crippen molar-refractivity contribution in [2.45, 2.75) is 25.0 Å². The van der Waals surface area contributed by atoms with E-state index in [1.165, 1.54) is 6.20 Å². The molecule has 31 heavy (non-hydrogen) atoms. The van der Waals surface area contributed by atoms with Crippen LogP contribution in [-0.2, 0) is 0 Å². The van der Waals surface area contributed by atoms with E-state index in [0.29, 0.717) is 28.0 Å². The number of nitrogens with zero attached hydrogens (tertiary/aromatic N) is 2. The molecule has 7 heteroatoms. The van der Waals surface area contributed by atoms with Crippen LogP contribution in [0.3, 0.4) is 0 Å². The number of aliphatic hydroxyl groups excluding tert-OH is 1. The fourth-order valence-corrected chi connectivity index (χ4v) is 4.15. The molecule has 2 heterocycles. The van der Waals surface area contributed by atoms with Gasteiger partial charge >= 0.3 is 0 Å². The number of hydrogen-bond donors (Lipinski definition) is 1. The number of carbonyl (C=O) groups excluding carboxylic acids is 1. The number of pyridine rings is 1. The molecule has 1 N–H and O–H groups in total. The summed E-state index contributed by atoms with van der Waals surface area (Å²) in [5.41, 5.74) is 2.15. The number of carbonyl (C=O) groups is 1. The number of aromatic nitrogens is 1. The fourth-order valence-electron chi connectivity index (χ4n) is 3.79. The number of benzene rings is 2. The smallest absolute Gasteiger partial charge is 0.255 e. The third kappa shape index (κ3) is 4.85. The third-order valence-electron chi connectivity index (χ3n) is 5.43. The lowest BCUT2D eigenvalue weighted by Crippen LogP contribution is -2.37. The summed E-state index contributed by atoms with van der Waals surface area (Å²) in [6.45, 7) is 0.619. The summed E-state index contributed by atoms with van der Waals surface area (Å²) in [7, 11) is 0. The zero-order valence-corrected chi connectivity index (χ0v) is 18.3. The Morgan fingerprint density at radius 2 is 1.90 bits per heavy atom. The molecule has 4 rings (SSSR count). The molecular weight excluding hydrogens is 435 g/mol. The molecule has 2 aromatic carbocycles. The molecule has 160 valence electrons. The Kier molecular flexibility index (Phi) is 6.76. The van der Waals surface area contributed by atoms with Crippen molar-refractivity contribution in [2.24, 2.45) is 0 Å². The van der Waals surface area contributed by atoms with Crippen molar-refractivity contribution >= 4 is 29.1 Å². The molecule has 0 spiro atoms. The minimum atomic E-state index is -0.489. The second kappa shape index (κ2) is 9.69. The lowest BCUT2D eigenvalue weighted by molar-refractivity contribution is 0.0677. The number of ether oxygens (including phenoxy) is 1. The Bertz CT molecular complexity index is 1040. The topological polar surface area (TPSA) is 62.7 Å². The summed E-state index contributed by atoms with van der Waals surface area (Å²) >= 11 is 12.5. The van der Waals surface area contributed by atoms with E-state index < -0.39 is 6.10 Å². The van der Waals surface area contributed by atoms with Crippen LogP contribution < -0.4 is 4.74 Å². The monoisotopic (exact) mass is 456 g/mol. The molecule has 1 amide bonds. The largest absolute Gasteiger partial charge is 0.464 e. The van der Waals surface area contributed by atoms with Crippen molar-refractivity contribution in [1.82, 2.24) is 9.88 Å². The van der Waals surface area contributed by atoms with Gasteiger partial charge in [0.2, 0.25) is 5.88 Å². The lowest BCUT2D eigenvalue weighted by Gasteiger charge is -2.23. The van der Waals surface area contributed by atoms with E-state index in [0.717, 1.165) is 24.0 Å². The van der Waals surface area contributed by atoms with Crippen LogP contribution in [0.5, 0.6) is 5.88 Å². The average Bonchev–Trinajstić information content (AvgIpc) is 3.28. The van der Waals surface area contributed by atoms with Crippen molar-refractivity contribution < 1.29 is 14.6 Å². The fraction of sp³-hybridized carbons (Fsp3) is 0.250. The number of rotatable bonds is 6. The third-order valence-corrected chi connectivity index (χ3v) is 6.03. The Morgan fingerprint density at radius 1 is 1.13 bits per heavy atom. The molecule has 1 unspecified atom stereocenters. The van der Waals surface area contributed by atoms with Gasteiger partial charge in [-0.25, -0.2) is 4.98 Å². The maximum absolute atomic E-state index is 12.8. The first-order valence-electron chi connectivity index (χ1n) is 10.1. The summed E-state index contributed by atoms with van der Waals surface area (Å²) < 4.78 is 6.21. The van der Waals surface area contributed by atoms with Gasteiger partial charge < -0.3 is 14.7 Å². The van der Waals surface area contributed by atoms with Crippen molar-refractivity contribution in [3.05, 3.63) is 93.6 Å². The second-order valence-corrected chi connectivity index (χ2v) is 8.28. The second-order valence-electron chi connectivity index (χ2n) is 7.43. The quantitative estimate of drug-likeness (QED) is 0.556. The van der Waals surface area contributed by atoms with E-state index in [9.17, 15) is 9.90 Å². The van der Waals surface area contributed by atoms with E-state index >= 15 is 0 Å². The van der Waals surface area contributed by atoms with Gasteiger partial charge in [0.25, 0.3) is 5.91 Å². The van der Waals surface area contributed by atoms with Crippen molar-refractivity contribution in [2.75, 3.05) is 13.2 Å². The highest BCUT2D eigenvalue weighted by atomic mass is 35.5. The molecule has 5 nitrogen and oxygen atoms in total. The van der Waals surface area contributed by atoms with Crippen molar-refractivity contribution in [3.63, 3.8) is 0 Å². The highest BCUT2D eigenvalue weighted by molar-refractivity contribution is 6.31. The van der Waals surface area contributed by atoms with Crippen LogP contribution in [0.1, 0.15) is 40.4 Å². The summed E-state index contributed by atoms with van der Waals surface area (Å²) in [4.78, 5) is 18.8. The van der Waals surface area contributed by atoms with Gasteiger partial charge in [-0.05, 0) is 42.7 Å². The summed E-state index contributed by atoms with van der Waals surface area (Å²) in [5.74, 6) is 0.243. The van der Waals surface area contributed by atoms with E-state index in [2.05, 4.69) is 4.98 Å². The predicted octanol–water partition coefficient (Wildman–Crippen LogP) is 5.15. The first-order chi connectivity index (χ1) is 15.1. The Morgan fingerprint density at radius 3 is 2.58 bits per heavy atom. The molecule has 0 saturated carbocycles. The van der Waals surface area contributed by atoms with E-state index in [1.54, 1.807) is 29.2 Å². The maximum Gasteiger partial charge on any atom is 0.255 e. The molecule has 1 aliphatic rings. The first-order valence-corrected chi connectivity index (χ1v) is 10.9. The minimum absolute atomic E-state index is 0.0268. The predicted molar refractivity (Wildman–Crippen MR) is 121 cm³/mol. The van der Waals surface area contributed by atoms with Gasteiger partial charge in [-0.15, -0.1) is 0 Å². The maximum atomic E-state index is 12.8. The standard InChI is InChI=1S/C24H22Cl2N2O3/c25-18-10-7-16(8-11-18)23(20-5-1-2-6-21(20)26)31-22-12-9-17(14-27-22)24(30)28-13-3-4-19(28)15-29/h1-2,5-12,14,19,23,29H,3-4,13,15H2/t19-,23?/m0/s1. The number of halogens is 2. The van der Waals surface area contributed by atoms with Crippen LogP contribution in [0.4, 0.5) is 0 Å². The number of amides is 1. The minimum Gasteiger partial charge on any atom is -0.464 e. The summed E-state index contributed by atoms with van der Waals surface area (Å²) in [6.07, 6.45) is 2.73. The first kappa shape index (κ1) is 21.6. The van der Waals surface area contributed by atoms with Gasteiger partial charge in [0, 0.05) is 34.4 Å². The van der Waals surface area contributed by atoms with Gasteiger partial charge in [-0.1, -0.05) is 53.5 Å². The Balaban J connectivity index is 1.58. The summed E-state index contributed by atoms with van der Waals surface area (Å²) in [5, 5.41) is 10.7. The number of hydrogen-bond acceptors (Lipinski definition) is 4. The molecule has 1 aromatic heterocycles. The van der Waals surface area contributed by atoms with Crippen LogP contribution in [0.25, 0.3) is 0 Å². The van der Waals surface area contributed by atoms with Crippen LogP contribution in [0, 0.1) is 0 Å². The molecule has 1 saturated heterocycles. The van der Waals surface area contributed by atoms with Crippen molar-refractivity contribution in [3.8, 4) is 5.88 Å². The number of aliphatic hydroxyl groups is 1. The van der Waals surface area contributed by atoms with Crippen LogP contribution in [0.15, 0.2) is 66.9 Å². The van der Waals surface area contributed by atoms with Crippen LogP contribution >= 0.6 is 23.2 Å². The van der Waals surface area contributed by atoms with Gasteiger partial charge in [0.15, 0.2) is 6.10 Å². The Hall–Kier alpha value is -2.60. The van der Waals surface area contributed by atoms with Gasteiger partial charge in [0.05, 0.1) is 18.2 Å². The normalized spacial score (nSPS) is 16.9. The molecule has 3 aromatic rings. The van der Waals surface area contributed by atoms with Gasteiger partial charge in [-0.3, -0.25) is 4.79 Å². The van der Waals surface area contributed by atoms with Crippen molar-refractivity contribution in [1.29, 1.82) is 0 Å². The van der Waals surface area contributed by atoms with Crippen LogP contribution in [0.2, 0.25) is 10.0 Å². The van der Waals surface area contributed by atoms with Crippen LogP contribution in [-0.4, -0.2) is 40.1 Å². The zero-order chi connectivity index (χ0) is 21.8. The molecule has 1 aliphatic heterocycles.